The van der Waals surface area contributed by atoms with Crippen molar-refractivity contribution in [3.05, 3.63) is 84.1 Å². The number of hydrogen-bond acceptors (Lipinski definition) is 2. The molecule has 0 aliphatic heterocycles. The van der Waals surface area contributed by atoms with E-state index in [1.165, 1.54) is 24.3 Å². The first kappa shape index (κ1) is 18.5. The summed E-state index contributed by atoms with van der Waals surface area (Å²) in [6, 6.07) is 18.0. The van der Waals surface area contributed by atoms with Gasteiger partial charge in [0, 0.05) is 23.6 Å². The van der Waals surface area contributed by atoms with E-state index in [2.05, 4.69) is 4.98 Å². The lowest BCUT2D eigenvalue weighted by Crippen LogP contribution is -1.85. The topological polar surface area (TPSA) is 53.1 Å². The Morgan fingerprint density at radius 3 is 1.85 bits per heavy atom. The van der Waals surface area contributed by atoms with Crippen LogP contribution in [0.2, 0.25) is 0 Å². The molecule has 0 atom stereocenters. The van der Waals surface area contributed by atoms with Crippen LogP contribution in [-0.4, -0.2) is 23.5 Å². The molecular weight excluding hydrogens is 348 g/mol. The molecule has 0 aliphatic carbocycles. The molecule has 4 rings (SSSR count). The molecule has 0 unspecified atom stereocenters. The van der Waals surface area contributed by atoms with Crippen LogP contribution >= 0.6 is 0 Å². The Bertz CT molecular complexity index is 1070. The molecule has 1 heterocycles. The predicted octanol–water partition coefficient (Wildman–Crippen LogP) is 5.20. The summed E-state index contributed by atoms with van der Waals surface area (Å²) in [6.45, 7) is 0. The SMILES string of the molecule is CO.O=Cc1[nH]c2ccc(-c3ccc(F)cc3)cc2c1-c1ccc(F)cc1. The zero-order valence-electron chi connectivity index (χ0n) is 14.5. The summed E-state index contributed by atoms with van der Waals surface area (Å²) in [5, 5.41) is 7.86. The molecule has 0 saturated carbocycles. The number of nitrogens with one attached hydrogen (secondary N) is 1. The number of aliphatic hydroxyl groups excluding tert-OH is 1. The van der Waals surface area contributed by atoms with Gasteiger partial charge in [-0.05, 0) is 53.1 Å². The van der Waals surface area contributed by atoms with Crippen LogP contribution in [0.25, 0.3) is 33.2 Å². The molecule has 5 heteroatoms. The molecule has 0 saturated heterocycles. The lowest BCUT2D eigenvalue weighted by Gasteiger charge is -2.05. The Hall–Kier alpha value is -3.31. The Balaban J connectivity index is 0.00000102. The molecule has 27 heavy (non-hydrogen) atoms. The molecule has 0 fully saturated rings. The Labute approximate surface area is 154 Å². The molecule has 0 amide bonds. The van der Waals surface area contributed by atoms with Crippen molar-refractivity contribution >= 4 is 17.2 Å². The summed E-state index contributed by atoms with van der Waals surface area (Å²) in [6.07, 6.45) is 0.760. The van der Waals surface area contributed by atoms with E-state index in [0.717, 1.165) is 46.6 Å². The van der Waals surface area contributed by atoms with E-state index in [4.69, 9.17) is 5.11 Å². The van der Waals surface area contributed by atoms with Crippen molar-refractivity contribution in [3.8, 4) is 22.3 Å². The van der Waals surface area contributed by atoms with Gasteiger partial charge in [0.15, 0.2) is 6.29 Å². The number of halogens is 2. The van der Waals surface area contributed by atoms with Crippen molar-refractivity contribution in [1.82, 2.24) is 4.98 Å². The van der Waals surface area contributed by atoms with Crippen LogP contribution in [-0.2, 0) is 0 Å². The number of H-pyrrole nitrogens is 1. The van der Waals surface area contributed by atoms with Crippen LogP contribution in [0.3, 0.4) is 0 Å². The summed E-state index contributed by atoms with van der Waals surface area (Å²) in [5.74, 6) is -0.620. The number of carbonyl (C=O) groups excluding carboxylic acids is 1. The van der Waals surface area contributed by atoms with Crippen LogP contribution in [0.1, 0.15) is 10.5 Å². The quantitative estimate of drug-likeness (QED) is 0.490. The van der Waals surface area contributed by atoms with Gasteiger partial charge in [0.1, 0.15) is 11.6 Å². The largest absolute Gasteiger partial charge is 0.400 e. The first-order valence-corrected chi connectivity index (χ1v) is 8.23. The highest BCUT2D eigenvalue weighted by Gasteiger charge is 2.14. The molecule has 0 spiro atoms. The molecule has 4 aromatic rings. The first-order chi connectivity index (χ1) is 13.2. The van der Waals surface area contributed by atoms with Gasteiger partial charge in [-0.15, -0.1) is 0 Å². The fraction of sp³-hybridized carbons (Fsp3) is 0.0455. The lowest BCUT2D eigenvalue weighted by molar-refractivity contribution is 0.112. The Kier molecular flexibility index (Phi) is 5.43. The van der Waals surface area contributed by atoms with Crippen molar-refractivity contribution in [2.24, 2.45) is 0 Å². The van der Waals surface area contributed by atoms with Crippen molar-refractivity contribution < 1.29 is 18.7 Å². The number of aromatic amines is 1. The average Bonchev–Trinajstić information content (AvgIpc) is 3.08. The third-order valence-corrected chi connectivity index (χ3v) is 4.26. The van der Waals surface area contributed by atoms with Crippen LogP contribution in [0.5, 0.6) is 0 Å². The van der Waals surface area contributed by atoms with Gasteiger partial charge >= 0.3 is 0 Å². The van der Waals surface area contributed by atoms with E-state index >= 15 is 0 Å². The maximum Gasteiger partial charge on any atom is 0.166 e. The zero-order chi connectivity index (χ0) is 19.4. The minimum Gasteiger partial charge on any atom is -0.400 e. The van der Waals surface area contributed by atoms with Crippen LogP contribution in [0.4, 0.5) is 8.78 Å². The predicted molar refractivity (Wildman–Crippen MR) is 103 cm³/mol. The van der Waals surface area contributed by atoms with E-state index in [0.29, 0.717) is 5.69 Å². The summed E-state index contributed by atoms with van der Waals surface area (Å²) in [4.78, 5) is 14.6. The molecule has 2 N–H and O–H groups in total. The summed E-state index contributed by atoms with van der Waals surface area (Å²) in [5.41, 5.74) is 4.53. The molecule has 0 bridgehead atoms. The lowest BCUT2D eigenvalue weighted by atomic mass is 9.98. The highest BCUT2D eigenvalue weighted by molar-refractivity contribution is 6.05. The van der Waals surface area contributed by atoms with E-state index in [1.807, 2.05) is 18.2 Å². The summed E-state index contributed by atoms with van der Waals surface area (Å²) >= 11 is 0. The van der Waals surface area contributed by atoms with Crippen molar-refractivity contribution in [2.75, 3.05) is 7.11 Å². The molecule has 3 aromatic carbocycles. The second-order valence-corrected chi connectivity index (χ2v) is 5.81. The smallest absolute Gasteiger partial charge is 0.166 e. The van der Waals surface area contributed by atoms with Crippen LogP contribution in [0, 0.1) is 11.6 Å². The van der Waals surface area contributed by atoms with E-state index in [1.54, 1.807) is 24.3 Å². The van der Waals surface area contributed by atoms with Crippen LogP contribution < -0.4 is 0 Å². The Morgan fingerprint density at radius 2 is 1.30 bits per heavy atom. The number of rotatable bonds is 3. The third kappa shape index (κ3) is 3.64. The van der Waals surface area contributed by atoms with E-state index in [9.17, 15) is 13.6 Å². The number of carbonyl (C=O) groups is 1. The van der Waals surface area contributed by atoms with Gasteiger partial charge in [-0.25, -0.2) is 8.78 Å². The van der Waals surface area contributed by atoms with Crippen LogP contribution in [0.15, 0.2) is 66.7 Å². The molecule has 3 nitrogen and oxygen atoms in total. The number of benzene rings is 3. The van der Waals surface area contributed by atoms with Gasteiger partial charge in [0.25, 0.3) is 0 Å². The van der Waals surface area contributed by atoms with Gasteiger partial charge in [0.05, 0.1) is 5.69 Å². The number of hydrogen-bond donors (Lipinski definition) is 2. The molecule has 0 radical (unpaired) electrons. The van der Waals surface area contributed by atoms with Crippen molar-refractivity contribution in [3.63, 3.8) is 0 Å². The fourth-order valence-electron chi connectivity index (χ4n) is 3.05. The molecule has 136 valence electrons. The van der Waals surface area contributed by atoms with Gasteiger partial charge < -0.3 is 10.1 Å². The van der Waals surface area contributed by atoms with Gasteiger partial charge in [0.2, 0.25) is 0 Å². The number of aliphatic hydroxyl groups is 1. The zero-order valence-corrected chi connectivity index (χ0v) is 14.5. The molecule has 0 aliphatic rings. The van der Waals surface area contributed by atoms with Gasteiger partial charge in [-0.2, -0.15) is 0 Å². The number of aromatic nitrogens is 1. The van der Waals surface area contributed by atoms with Gasteiger partial charge in [-0.3, -0.25) is 4.79 Å². The van der Waals surface area contributed by atoms with Gasteiger partial charge in [-0.1, -0.05) is 30.3 Å². The average molecular weight is 365 g/mol. The number of aldehydes is 1. The minimum absolute atomic E-state index is 0.290. The first-order valence-electron chi connectivity index (χ1n) is 8.23. The third-order valence-electron chi connectivity index (χ3n) is 4.26. The summed E-state index contributed by atoms with van der Waals surface area (Å²) in [7, 11) is 1.00. The fourth-order valence-corrected chi connectivity index (χ4v) is 3.05. The molecular formula is C22H17F2NO2. The maximum atomic E-state index is 13.2. The van der Waals surface area contributed by atoms with E-state index < -0.39 is 0 Å². The minimum atomic E-state index is -0.330. The summed E-state index contributed by atoms with van der Waals surface area (Å²) < 4.78 is 26.4. The second-order valence-electron chi connectivity index (χ2n) is 5.81. The maximum absolute atomic E-state index is 13.2. The molecule has 1 aromatic heterocycles. The highest BCUT2D eigenvalue weighted by Crippen LogP contribution is 2.34. The normalized spacial score (nSPS) is 10.4. The van der Waals surface area contributed by atoms with Crippen molar-refractivity contribution in [2.45, 2.75) is 0 Å². The van der Waals surface area contributed by atoms with Crippen molar-refractivity contribution in [1.29, 1.82) is 0 Å². The second kappa shape index (κ2) is 7.93. The highest BCUT2D eigenvalue weighted by atomic mass is 19.1. The number of fused-ring (bicyclic) bond motifs is 1. The monoisotopic (exact) mass is 365 g/mol. The Morgan fingerprint density at radius 1 is 0.778 bits per heavy atom. The standard InChI is InChI=1S/C21H13F2NO.CH4O/c22-16-6-1-13(2-7-16)15-5-10-19-18(11-15)21(20(12-25)24-19)14-3-8-17(23)9-4-14;1-2/h1-12,24H;2H,1H3. The van der Waals surface area contributed by atoms with E-state index in [-0.39, 0.29) is 11.6 Å².